The molecular weight excluding hydrogens is 428 g/mol. The molecule has 33 heavy (non-hydrogen) atoms. The van der Waals surface area contributed by atoms with Gasteiger partial charge in [-0.3, -0.25) is 0 Å². The molecule has 184 valence electrons. The van der Waals surface area contributed by atoms with E-state index in [1.54, 1.807) is 17.7 Å². The van der Waals surface area contributed by atoms with Crippen molar-refractivity contribution < 1.29 is 13.5 Å². The summed E-state index contributed by atoms with van der Waals surface area (Å²) in [6, 6.07) is 8.95. The zero-order valence-corrected chi connectivity index (χ0v) is 21.9. The maximum Gasteiger partial charge on any atom is 0.178 e. The van der Waals surface area contributed by atoms with E-state index >= 15 is 0 Å². The number of rotatable bonds is 4. The van der Waals surface area contributed by atoms with Crippen LogP contribution in [0.4, 0.5) is 0 Å². The second-order valence-electron chi connectivity index (χ2n) is 11.4. The SMILES string of the molecule is CC.CC12CC=C3C(CCC4CC(O)CC[C@]34C)C1CCC2CCS(=O)(=O)c1ccccc1. The van der Waals surface area contributed by atoms with Crippen molar-refractivity contribution in [2.24, 2.45) is 34.5 Å². The molecule has 0 aliphatic heterocycles. The zero-order chi connectivity index (χ0) is 23.9. The number of fused-ring (bicyclic) bond motifs is 5. The maximum atomic E-state index is 12.9. The lowest BCUT2D eigenvalue weighted by molar-refractivity contribution is -0.0122. The van der Waals surface area contributed by atoms with Gasteiger partial charge in [-0.1, -0.05) is 57.5 Å². The quantitative estimate of drug-likeness (QED) is 0.489. The first kappa shape index (κ1) is 25.0. The monoisotopic (exact) mass is 472 g/mol. The highest BCUT2D eigenvalue weighted by Crippen LogP contribution is 2.65. The van der Waals surface area contributed by atoms with Crippen LogP contribution in [0.5, 0.6) is 0 Å². The third-order valence-corrected chi connectivity index (χ3v) is 11.8. The van der Waals surface area contributed by atoms with E-state index in [4.69, 9.17) is 0 Å². The van der Waals surface area contributed by atoms with Gasteiger partial charge in [-0.05, 0) is 104 Å². The Kier molecular flexibility index (Phi) is 7.18. The van der Waals surface area contributed by atoms with Gasteiger partial charge >= 0.3 is 0 Å². The Balaban J connectivity index is 0.00000126. The fourth-order valence-corrected chi connectivity index (χ4v) is 9.53. The molecule has 1 aromatic rings. The lowest BCUT2D eigenvalue weighted by atomic mass is 9.48. The minimum Gasteiger partial charge on any atom is -0.393 e. The van der Waals surface area contributed by atoms with E-state index < -0.39 is 9.84 Å². The predicted molar refractivity (Wildman–Crippen MR) is 136 cm³/mol. The molecule has 3 fully saturated rings. The summed E-state index contributed by atoms with van der Waals surface area (Å²) in [5, 5.41) is 10.2. The van der Waals surface area contributed by atoms with Crippen molar-refractivity contribution in [3.8, 4) is 0 Å². The molecule has 1 aromatic carbocycles. The predicted octanol–water partition coefficient (Wildman–Crippen LogP) is 6.82. The van der Waals surface area contributed by atoms with Gasteiger partial charge in [0.1, 0.15) is 0 Å². The summed E-state index contributed by atoms with van der Waals surface area (Å²) < 4.78 is 25.8. The summed E-state index contributed by atoms with van der Waals surface area (Å²) >= 11 is 0. The molecule has 0 aromatic heterocycles. The molecule has 4 heteroatoms. The van der Waals surface area contributed by atoms with Crippen LogP contribution in [0.15, 0.2) is 46.9 Å². The van der Waals surface area contributed by atoms with Gasteiger partial charge in [-0.15, -0.1) is 0 Å². The molecule has 3 nitrogen and oxygen atoms in total. The van der Waals surface area contributed by atoms with Crippen molar-refractivity contribution in [1.29, 1.82) is 0 Å². The number of hydrogen-bond acceptors (Lipinski definition) is 3. The summed E-state index contributed by atoms with van der Waals surface area (Å²) in [6.45, 7) is 8.93. The molecular formula is C29H44O3S. The van der Waals surface area contributed by atoms with Crippen LogP contribution in [-0.4, -0.2) is 25.4 Å². The van der Waals surface area contributed by atoms with Gasteiger partial charge in [0.2, 0.25) is 0 Å². The fourth-order valence-electron chi connectivity index (χ4n) is 8.12. The molecule has 1 N–H and O–H groups in total. The smallest absolute Gasteiger partial charge is 0.178 e. The first-order valence-electron chi connectivity index (χ1n) is 13.4. The van der Waals surface area contributed by atoms with Crippen LogP contribution in [0, 0.1) is 34.5 Å². The lowest BCUT2D eigenvalue weighted by Gasteiger charge is -2.56. The summed E-state index contributed by atoms with van der Waals surface area (Å²) in [5.41, 5.74) is 2.21. The van der Waals surface area contributed by atoms with E-state index in [1.807, 2.05) is 32.0 Å². The Bertz CT molecular complexity index is 952. The molecule has 4 aliphatic carbocycles. The van der Waals surface area contributed by atoms with Gasteiger partial charge < -0.3 is 5.11 Å². The van der Waals surface area contributed by atoms with Crippen LogP contribution in [0.25, 0.3) is 0 Å². The maximum absolute atomic E-state index is 12.9. The molecule has 3 saturated carbocycles. The first-order valence-corrected chi connectivity index (χ1v) is 15.1. The van der Waals surface area contributed by atoms with Crippen molar-refractivity contribution in [2.75, 3.05) is 5.75 Å². The van der Waals surface area contributed by atoms with E-state index in [-0.39, 0.29) is 22.7 Å². The molecule has 4 aliphatic rings. The number of aliphatic hydroxyl groups excluding tert-OH is 1. The van der Waals surface area contributed by atoms with Crippen LogP contribution in [0.3, 0.4) is 0 Å². The lowest BCUT2D eigenvalue weighted by Crippen LogP contribution is -2.48. The van der Waals surface area contributed by atoms with Gasteiger partial charge in [-0.2, -0.15) is 0 Å². The summed E-state index contributed by atoms with van der Waals surface area (Å²) in [4.78, 5) is 0.464. The average Bonchev–Trinajstić information content (AvgIpc) is 3.16. The first-order chi connectivity index (χ1) is 15.7. The molecule has 0 heterocycles. The van der Waals surface area contributed by atoms with Crippen LogP contribution < -0.4 is 0 Å². The van der Waals surface area contributed by atoms with Crippen molar-refractivity contribution in [3.05, 3.63) is 42.0 Å². The molecule has 0 spiro atoms. The number of allylic oxidation sites excluding steroid dienone is 2. The molecule has 0 amide bonds. The highest BCUT2D eigenvalue weighted by atomic mass is 32.2. The van der Waals surface area contributed by atoms with Gasteiger partial charge in [0, 0.05) is 0 Å². The van der Waals surface area contributed by atoms with E-state index in [1.165, 1.54) is 25.7 Å². The highest BCUT2D eigenvalue weighted by Gasteiger charge is 2.56. The minimum absolute atomic E-state index is 0.105. The highest BCUT2D eigenvalue weighted by molar-refractivity contribution is 7.91. The van der Waals surface area contributed by atoms with E-state index in [0.29, 0.717) is 28.6 Å². The Labute approximate surface area is 202 Å². The van der Waals surface area contributed by atoms with Crippen molar-refractivity contribution in [2.45, 2.75) is 96.5 Å². The Morgan fingerprint density at radius 2 is 1.73 bits per heavy atom. The number of hydrogen-bond donors (Lipinski definition) is 1. The third kappa shape index (κ3) is 4.35. The van der Waals surface area contributed by atoms with Gasteiger partial charge in [0.05, 0.1) is 16.8 Å². The molecule has 0 saturated heterocycles. The van der Waals surface area contributed by atoms with Crippen molar-refractivity contribution >= 4 is 9.84 Å². The number of benzene rings is 1. The number of aliphatic hydroxyl groups is 1. The molecule has 6 unspecified atom stereocenters. The molecule has 0 bridgehead atoms. The van der Waals surface area contributed by atoms with Crippen LogP contribution >= 0.6 is 0 Å². The summed E-state index contributed by atoms with van der Waals surface area (Å²) in [5.74, 6) is 2.76. The fraction of sp³-hybridized carbons (Fsp3) is 0.724. The largest absolute Gasteiger partial charge is 0.393 e. The van der Waals surface area contributed by atoms with Gasteiger partial charge in [-0.25, -0.2) is 8.42 Å². The van der Waals surface area contributed by atoms with Gasteiger partial charge in [0.25, 0.3) is 0 Å². The normalized spacial score (nSPS) is 39.9. The summed E-state index contributed by atoms with van der Waals surface area (Å²) in [6.07, 6.45) is 12.3. The average molecular weight is 473 g/mol. The molecule has 7 atom stereocenters. The third-order valence-electron chi connectivity index (χ3n) is 10.0. The Hall–Kier alpha value is -1.13. The van der Waals surface area contributed by atoms with E-state index in [2.05, 4.69) is 19.9 Å². The molecule has 0 radical (unpaired) electrons. The molecule has 5 rings (SSSR count). The standard InChI is InChI=1S/C27H38O3S.C2H6/c1-26-16-13-25-23(10-8-20-18-21(28)12-15-27(20,25)2)24(26)11-9-19(26)14-17-31(29,30)22-6-4-3-5-7-22;1-2/h3-7,13,19-21,23-24,28H,8-12,14-18H2,1-2H3;1-2H3/t19?,20?,21?,23?,24?,26?,27-;/m0./s1. The topological polar surface area (TPSA) is 54.4 Å². The van der Waals surface area contributed by atoms with E-state index in [9.17, 15) is 13.5 Å². The van der Waals surface area contributed by atoms with E-state index in [0.717, 1.165) is 32.1 Å². The van der Waals surface area contributed by atoms with Crippen LogP contribution in [-0.2, 0) is 9.84 Å². The van der Waals surface area contributed by atoms with Gasteiger partial charge in [0.15, 0.2) is 9.84 Å². The van der Waals surface area contributed by atoms with Crippen molar-refractivity contribution in [3.63, 3.8) is 0 Å². The van der Waals surface area contributed by atoms with Crippen LogP contribution in [0.2, 0.25) is 0 Å². The Morgan fingerprint density at radius 3 is 2.45 bits per heavy atom. The zero-order valence-electron chi connectivity index (χ0n) is 21.1. The second kappa shape index (κ2) is 9.49. The summed E-state index contributed by atoms with van der Waals surface area (Å²) in [7, 11) is -3.21. The van der Waals surface area contributed by atoms with Crippen molar-refractivity contribution in [1.82, 2.24) is 0 Å². The van der Waals surface area contributed by atoms with Crippen LogP contribution in [0.1, 0.15) is 85.5 Å². The number of sulfone groups is 1. The minimum atomic E-state index is -3.21. The Morgan fingerprint density at radius 1 is 1.00 bits per heavy atom. The second-order valence-corrected chi connectivity index (χ2v) is 13.5.